The highest BCUT2D eigenvalue weighted by atomic mass is 16.5. The van der Waals surface area contributed by atoms with Gasteiger partial charge in [0.15, 0.2) is 0 Å². The van der Waals surface area contributed by atoms with Gasteiger partial charge in [0.2, 0.25) is 0 Å². The molecular formula is C32H50O4. The average molecular weight is 499 g/mol. The van der Waals surface area contributed by atoms with Crippen LogP contribution in [-0.4, -0.2) is 23.7 Å². The Hall–Kier alpha value is -2.62. The molecule has 202 valence electrons. The molecule has 0 aromatic heterocycles. The zero-order valence-corrected chi connectivity index (χ0v) is 22.7. The first-order chi connectivity index (χ1) is 17.6. The Kier molecular flexibility index (Phi) is 25.0. The first-order valence-corrected chi connectivity index (χ1v) is 14.0. The first-order valence-electron chi connectivity index (χ1n) is 14.0. The SMILES string of the molecule is C=CC(=O)OCCCCCCCCCCCCCCCCCC.O=C(O)C=CC=Cc1ccccc1. The summed E-state index contributed by atoms with van der Waals surface area (Å²) in [6.07, 6.45) is 29.1. The first kappa shape index (κ1) is 33.4. The molecule has 4 heteroatoms. The van der Waals surface area contributed by atoms with Gasteiger partial charge in [0, 0.05) is 12.2 Å². The number of benzene rings is 1. The molecule has 0 atom stereocenters. The van der Waals surface area contributed by atoms with Crippen LogP contribution in [0.3, 0.4) is 0 Å². The van der Waals surface area contributed by atoms with E-state index >= 15 is 0 Å². The lowest BCUT2D eigenvalue weighted by molar-refractivity contribution is -0.138. The number of ether oxygens (including phenoxy) is 1. The van der Waals surface area contributed by atoms with E-state index in [1.54, 1.807) is 6.08 Å². The van der Waals surface area contributed by atoms with Crippen LogP contribution in [0.25, 0.3) is 6.08 Å². The van der Waals surface area contributed by atoms with Crippen LogP contribution >= 0.6 is 0 Å². The average Bonchev–Trinajstić information content (AvgIpc) is 2.89. The van der Waals surface area contributed by atoms with Crippen molar-refractivity contribution in [2.24, 2.45) is 0 Å². The van der Waals surface area contributed by atoms with Crippen molar-refractivity contribution in [3.05, 3.63) is 66.8 Å². The fourth-order valence-corrected chi connectivity index (χ4v) is 3.75. The molecule has 0 aliphatic rings. The Morgan fingerprint density at radius 1 is 0.750 bits per heavy atom. The van der Waals surface area contributed by atoms with E-state index in [2.05, 4.69) is 13.5 Å². The van der Waals surface area contributed by atoms with Crippen LogP contribution in [0.1, 0.15) is 115 Å². The van der Waals surface area contributed by atoms with Gasteiger partial charge in [-0.2, -0.15) is 0 Å². The summed E-state index contributed by atoms with van der Waals surface area (Å²) in [4.78, 5) is 20.9. The predicted molar refractivity (Wildman–Crippen MR) is 153 cm³/mol. The summed E-state index contributed by atoms with van der Waals surface area (Å²) in [6.45, 7) is 6.20. The van der Waals surface area contributed by atoms with Crippen LogP contribution in [0.4, 0.5) is 0 Å². The van der Waals surface area contributed by atoms with Crippen LogP contribution in [-0.2, 0) is 14.3 Å². The van der Waals surface area contributed by atoms with Crippen molar-refractivity contribution in [1.29, 1.82) is 0 Å². The number of carboxylic acids is 1. The number of carbonyl (C=O) groups is 2. The van der Waals surface area contributed by atoms with E-state index in [9.17, 15) is 9.59 Å². The molecule has 0 spiro atoms. The Morgan fingerprint density at radius 2 is 1.22 bits per heavy atom. The van der Waals surface area contributed by atoms with Gasteiger partial charge in [-0.3, -0.25) is 0 Å². The second-order valence-electron chi connectivity index (χ2n) is 9.14. The van der Waals surface area contributed by atoms with Gasteiger partial charge in [-0.15, -0.1) is 0 Å². The maximum Gasteiger partial charge on any atom is 0.330 e. The molecule has 1 rings (SSSR count). The van der Waals surface area contributed by atoms with Crippen molar-refractivity contribution in [2.45, 2.75) is 110 Å². The molecule has 36 heavy (non-hydrogen) atoms. The van der Waals surface area contributed by atoms with Crippen molar-refractivity contribution >= 4 is 18.0 Å². The number of rotatable bonds is 21. The summed E-state index contributed by atoms with van der Waals surface area (Å²) < 4.78 is 4.95. The van der Waals surface area contributed by atoms with Crippen molar-refractivity contribution < 1.29 is 19.4 Å². The zero-order chi connectivity index (χ0) is 26.5. The maximum absolute atomic E-state index is 10.8. The number of hydrogen-bond donors (Lipinski definition) is 1. The molecule has 0 saturated carbocycles. The summed E-state index contributed by atoms with van der Waals surface area (Å²) in [5.74, 6) is -1.23. The summed E-state index contributed by atoms with van der Waals surface area (Å²) in [5.41, 5.74) is 1.05. The van der Waals surface area contributed by atoms with Crippen LogP contribution in [0.2, 0.25) is 0 Å². The molecule has 0 radical (unpaired) electrons. The quantitative estimate of drug-likeness (QED) is 0.0793. The fourth-order valence-electron chi connectivity index (χ4n) is 3.75. The van der Waals surface area contributed by atoms with E-state index < -0.39 is 5.97 Å². The molecule has 0 aliphatic heterocycles. The molecule has 0 unspecified atom stereocenters. The Labute approximate surface area is 220 Å². The molecule has 0 aliphatic carbocycles. The highest BCUT2D eigenvalue weighted by molar-refractivity contribution is 5.81. The van der Waals surface area contributed by atoms with Crippen molar-refractivity contribution in [3.8, 4) is 0 Å². The number of unbranched alkanes of at least 4 members (excludes halogenated alkanes) is 15. The molecule has 0 saturated heterocycles. The number of aliphatic carboxylic acids is 1. The zero-order valence-electron chi connectivity index (χ0n) is 22.7. The molecule has 0 heterocycles. The van der Waals surface area contributed by atoms with E-state index in [-0.39, 0.29) is 5.97 Å². The highest BCUT2D eigenvalue weighted by Gasteiger charge is 1.96. The third-order valence-electron chi connectivity index (χ3n) is 5.85. The maximum atomic E-state index is 10.8. The van der Waals surface area contributed by atoms with Crippen molar-refractivity contribution in [2.75, 3.05) is 6.61 Å². The Bertz CT molecular complexity index is 706. The molecule has 0 fully saturated rings. The summed E-state index contributed by atoms with van der Waals surface area (Å²) >= 11 is 0. The minimum atomic E-state index is -0.933. The van der Waals surface area contributed by atoms with Gasteiger partial charge in [0.05, 0.1) is 6.61 Å². The Balaban J connectivity index is 0.000000790. The lowest BCUT2D eigenvalue weighted by atomic mass is 10.0. The number of allylic oxidation sites excluding steroid dienone is 2. The van der Waals surface area contributed by atoms with E-state index in [1.807, 2.05) is 36.4 Å². The minimum absolute atomic E-state index is 0.300. The highest BCUT2D eigenvalue weighted by Crippen LogP contribution is 2.13. The third-order valence-corrected chi connectivity index (χ3v) is 5.85. The van der Waals surface area contributed by atoms with Gasteiger partial charge >= 0.3 is 11.9 Å². The van der Waals surface area contributed by atoms with Crippen molar-refractivity contribution in [1.82, 2.24) is 0 Å². The molecular weight excluding hydrogens is 448 g/mol. The molecule has 0 bridgehead atoms. The van der Waals surface area contributed by atoms with Crippen LogP contribution in [0, 0.1) is 0 Å². The molecule has 0 amide bonds. The lowest BCUT2D eigenvalue weighted by Crippen LogP contribution is -2.01. The summed E-state index contributed by atoms with van der Waals surface area (Å²) in [6, 6.07) is 9.70. The predicted octanol–water partition coefficient (Wildman–Crippen LogP) is 9.32. The van der Waals surface area contributed by atoms with E-state index in [0.717, 1.165) is 18.1 Å². The van der Waals surface area contributed by atoms with Gasteiger partial charge < -0.3 is 9.84 Å². The van der Waals surface area contributed by atoms with Crippen LogP contribution < -0.4 is 0 Å². The van der Waals surface area contributed by atoms with Gasteiger partial charge in [0.1, 0.15) is 0 Å². The number of hydrogen-bond acceptors (Lipinski definition) is 3. The van der Waals surface area contributed by atoms with Crippen LogP contribution in [0.15, 0.2) is 61.2 Å². The minimum Gasteiger partial charge on any atom is -0.478 e. The lowest BCUT2D eigenvalue weighted by Gasteiger charge is -2.04. The van der Waals surface area contributed by atoms with Crippen LogP contribution in [0.5, 0.6) is 0 Å². The number of carbonyl (C=O) groups excluding carboxylic acids is 1. The topological polar surface area (TPSA) is 63.6 Å². The normalized spacial score (nSPS) is 10.8. The molecule has 1 aromatic carbocycles. The van der Waals surface area contributed by atoms with Gasteiger partial charge in [-0.05, 0) is 12.0 Å². The van der Waals surface area contributed by atoms with Gasteiger partial charge in [-0.25, -0.2) is 9.59 Å². The smallest absolute Gasteiger partial charge is 0.330 e. The van der Waals surface area contributed by atoms with E-state index in [4.69, 9.17) is 9.84 Å². The molecule has 1 aromatic rings. The number of carboxylic acid groups (broad SMARTS) is 1. The molecule has 4 nitrogen and oxygen atoms in total. The summed E-state index contributed by atoms with van der Waals surface area (Å²) in [7, 11) is 0. The summed E-state index contributed by atoms with van der Waals surface area (Å²) in [5, 5.41) is 8.29. The second-order valence-corrected chi connectivity index (χ2v) is 9.14. The van der Waals surface area contributed by atoms with Crippen molar-refractivity contribution in [3.63, 3.8) is 0 Å². The van der Waals surface area contributed by atoms with E-state index in [1.165, 1.54) is 108 Å². The van der Waals surface area contributed by atoms with Gasteiger partial charge in [0.25, 0.3) is 0 Å². The standard InChI is InChI=1S/C21H40O2.C11H10O2/c1-3-5-6-7-8-9-10-11-12-13-14-15-16-17-18-19-20-23-21(22)4-2;12-11(13)9-5-4-8-10-6-2-1-3-7-10/h4H,2-3,5-20H2,1H3;1-9H,(H,12,13). The Morgan fingerprint density at radius 3 is 1.67 bits per heavy atom. The third kappa shape index (κ3) is 26.0. The van der Waals surface area contributed by atoms with E-state index in [0.29, 0.717) is 6.61 Å². The molecule has 1 N–H and O–H groups in total. The van der Waals surface area contributed by atoms with Gasteiger partial charge in [-0.1, -0.05) is 158 Å². The second kappa shape index (κ2) is 27.0. The fraction of sp³-hybridized carbons (Fsp3) is 0.562. The largest absolute Gasteiger partial charge is 0.478 e. The number of esters is 1. The monoisotopic (exact) mass is 498 g/mol.